The van der Waals surface area contributed by atoms with E-state index in [0.29, 0.717) is 16.6 Å². The summed E-state index contributed by atoms with van der Waals surface area (Å²) in [6.45, 7) is 3.80. The maximum atomic E-state index is 12.8. The van der Waals surface area contributed by atoms with Gasteiger partial charge in [-0.15, -0.1) is 0 Å². The van der Waals surface area contributed by atoms with Crippen LogP contribution in [0.1, 0.15) is 30.2 Å². The molecule has 0 aliphatic carbocycles. The Hall–Kier alpha value is -3.75. The first-order valence-electron chi connectivity index (χ1n) is 8.60. The molecule has 28 heavy (non-hydrogen) atoms. The van der Waals surface area contributed by atoms with Crippen molar-refractivity contribution in [1.29, 1.82) is 0 Å². The van der Waals surface area contributed by atoms with Crippen molar-refractivity contribution in [3.8, 4) is 16.9 Å². The van der Waals surface area contributed by atoms with E-state index >= 15 is 0 Å². The molecular weight excluding hydrogens is 362 g/mol. The number of ether oxygens (including phenoxy) is 1. The molecule has 2 aliphatic heterocycles. The molecule has 0 atom stereocenters. The van der Waals surface area contributed by atoms with E-state index in [1.807, 2.05) is 13.8 Å². The lowest BCUT2D eigenvalue weighted by atomic mass is 10.1. The number of nitrogens with one attached hydrogen (secondary N) is 1. The second-order valence-corrected chi connectivity index (χ2v) is 6.64. The van der Waals surface area contributed by atoms with E-state index in [9.17, 15) is 14.4 Å². The first kappa shape index (κ1) is 17.7. The summed E-state index contributed by atoms with van der Waals surface area (Å²) in [5.74, 6) is -0.615. The molecule has 1 aromatic heterocycles. The maximum Gasteiger partial charge on any atom is 0.341 e. The van der Waals surface area contributed by atoms with Crippen LogP contribution in [0.25, 0.3) is 27.8 Å². The Balaban J connectivity index is 1.98. The van der Waals surface area contributed by atoms with E-state index in [-0.39, 0.29) is 28.4 Å². The number of carbonyl (C=O) groups excluding carboxylic acids is 1. The summed E-state index contributed by atoms with van der Waals surface area (Å²) in [4.78, 5) is 41.3. The molecular formula is C19H17N5O4. The van der Waals surface area contributed by atoms with Crippen LogP contribution in [0.5, 0.6) is 0 Å². The van der Waals surface area contributed by atoms with E-state index < -0.39 is 11.5 Å². The Morgan fingerprint density at radius 3 is 2.71 bits per heavy atom. The van der Waals surface area contributed by atoms with E-state index in [2.05, 4.69) is 15.2 Å². The number of benzene rings is 1. The van der Waals surface area contributed by atoms with Crippen molar-refractivity contribution in [2.24, 2.45) is 0 Å². The Kier molecular flexibility index (Phi) is 4.07. The average Bonchev–Trinajstić information content (AvgIpc) is 3.07. The molecule has 2 aliphatic rings. The summed E-state index contributed by atoms with van der Waals surface area (Å²) in [5, 5.41) is 6.69. The molecule has 1 aromatic carbocycles. The zero-order chi connectivity index (χ0) is 20.0. The number of fused-ring (bicyclic) bond motifs is 2. The SMILES string of the molecule is COC(=O)c1cn(-c2ccc3ncn(C(C)C)c(=O)c3c2)cc2c(=O)[nH]nc1-2. The van der Waals surface area contributed by atoms with Gasteiger partial charge in [0.25, 0.3) is 11.1 Å². The number of pyridine rings is 1. The van der Waals surface area contributed by atoms with Gasteiger partial charge < -0.3 is 9.30 Å². The number of methoxy groups -OCH3 is 1. The van der Waals surface area contributed by atoms with Gasteiger partial charge in [0, 0.05) is 24.1 Å². The van der Waals surface area contributed by atoms with Crippen LogP contribution in [0.4, 0.5) is 0 Å². The molecule has 3 heterocycles. The van der Waals surface area contributed by atoms with Crippen molar-refractivity contribution < 1.29 is 9.53 Å². The molecule has 1 N–H and O–H groups in total. The van der Waals surface area contributed by atoms with Gasteiger partial charge >= 0.3 is 5.97 Å². The monoisotopic (exact) mass is 379 g/mol. The van der Waals surface area contributed by atoms with Crippen LogP contribution in [-0.2, 0) is 4.74 Å². The average molecular weight is 379 g/mol. The zero-order valence-corrected chi connectivity index (χ0v) is 15.5. The Morgan fingerprint density at radius 2 is 2.00 bits per heavy atom. The van der Waals surface area contributed by atoms with Gasteiger partial charge in [0.15, 0.2) is 0 Å². The molecule has 0 amide bonds. The van der Waals surface area contributed by atoms with Crippen LogP contribution in [-0.4, -0.2) is 37.4 Å². The van der Waals surface area contributed by atoms with Gasteiger partial charge in [0.2, 0.25) is 0 Å². The van der Waals surface area contributed by atoms with E-state index in [1.165, 1.54) is 19.6 Å². The van der Waals surface area contributed by atoms with Gasteiger partial charge in [0.1, 0.15) is 11.3 Å². The molecule has 0 radical (unpaired) electrons. The smallest absolute Gasteiger partial charge is 0.341 e. The quantitative estimate of drug-likeness (QED) is 0.543. The topological polar surface area (TPSA) is 112 Å². The molecule has 0 fully saturated rings. The fraction of sp³-hybridized carbons (Fsp3) is 0.211. The first-order valence-corrected chi connectivity index (χ1v) is 8.60. The lowest BCUT2D eigenvalue weighted by molar-refractivity contribution is 0.0600. The van der Waals surface area contributed by atoms with E-state index in [0.717, 1.165) is 0 Å². The third kappa shape index (κ3) is 2.68. The standard InChI is InChI=1S/C19H17N5O4/c1-10(2)24-9-20-15-5-4-11(6-12(15)18(24)26)23-7-13-16(21-22-17(13)25)14(8-23)19(27)28-3/h4-10H,1-3H3,(H,22,25). The second-order valence-electron chi connectivity index (χ2n) is 6.64. The Labute approximate surface area is 158 Å². The van der Waals surface area contributed by atoms with Crippen LogP contribution in [0.2, 0.25) is 0 Å². The highest BCUT2D eigenvalue weighted by Gasteiger charge is 2.22. The third-order valence-corrected chi connectivity index (χ3v) is 4.59. The first-order chi connectivity index (χ1) is 13.4. The summed E-state index contributed by atoms with van der Waals surface area (Å²) in [5.41, 5.74) is 1.20. The Morgan fingerprint density at radius 1 is 1.21 bits per heavy atom. The number of H-pyrrole nitrogens is 1. The fourth-order valence-corrected chi connectivity index (χ4v) is 3.10. The molecule has 4 rings (SSSR count). The number of rotatable bonds is 3. The number of hydrogen-bond acceptors (Lipinski definition) is 6. The number of esters is 1. The summed E-state index contributed by atoms with van der Waals surface area (Å²) in [6, 6.07) is 5.13. The number of nitrogens with zero attached hydrogens (tertiary/aromatic N) is 4. The highest BCUT2D eigenvalue weighted by atomic mass is 16.5. The normalized spacial score (nSPS) is 11.4. The molecule has 0 bridgehead atoms. The molecule has 9 heteroatoms. The van der Waals surface area contributed by atoms with Crippen molar-refractivity contribution in [2.45, 2.75) is 19.9 Å². The number of hydrogen-bond donors (Lipinski definition) is 1. The van der Waals surface area contributed by atoms with Gasteiger partial charge in [-0.05, 0) is 32.0 Å². The zero-order valence-electron chi connectivity index (χ0n) is 15.5. The summed E-state index contributed by atoms with van der Waals surface area (Å²) >= 11 is 0. The minimum atomic E-state index is -0.615. The van der Waals surface area contributed by atoms with Crippen LogP contribution in [0, 0.1) is 0 Å². The molecule has 9 nitrogen and oxygen atoms in total. The van der Waals surface area contributed by atoms with Crippen molar-refractivity contribution in [3.63, 3.8) is 0 Å². The highest BCUT2D eigenvalue weighted by Crippen LogP contribution is 2.24. The van der Waals surface area contributed by atoms with Crippen molar-refractivity contribution in [2.75, 3.05) is 7.11 Å². The lowest BCUT2D eigenvalue weighted by Crippen LogP contribution is -2.22. The molecule has 0 saturated carbocycles. The number of aromatic amines is 1. The predicted octanol–water partition coefficient (Wildman–Crippen LogP) is 1.74. The van der Waals surface area contributed by atoms with Gasteiger partial charge in [-0.3, -0.25) is 14.2 Å². The van der Waals surface area contributed by atoms with Crippen LogP contribution in [0.3, 0.4) is 0 Å². The highest BCUT2D eigenvalue weighted by molar-refractivity contribution is 5.96. The van der Waals surface area contributed by atoms with Crippen LogP contribution in [0.15, 0.2) is 46.5 Å². The molecule has 0 spiro atoms. The molecule has 2 aromatic rings. The van der Waals surface area contributed by atoms with Crippen LogP contribution < -0.4 is 11.1 Å². The number of carbonyl (C=O) groups is 1. The Bertz CT molecular complexity index is 1300. The maximum absolute atomic E-state index is 12.8. The lowest BCUT2D eigenvalue weighted by Gasteiger charge is -2.13. The van der Waals surface area contributed by atoms with Gasteiger partial charge in [-0.2, -0.15) is 5.10 Å². The van der Waals surface area contributed by atoms with Gasteiger partial charge in [-0.1, -0.05) is 0 Å². The molecule has 0 saturated heterocycles. The second kappa shape index (κ2) is 6.45. The van der Waals surface area contributed by atoms with Crippen molar-refractivity contribution in [3.05, 3.63) is 63.2 Å². The van der Waals surface area contributed by atoms with Crippen LogP contribution >= 0.6 is 0 Å². The molecule has 0 unspecified atom stereocenters. The summed E-state index contributed by atoms with van der Waals surface area (Å²) < 4.78 is 7.95. The third-order valence-electron chi connectivity index (χ3n) is 4.59. The van der Waals surface area contributed by atoms with Gasteiger partial charge in [-0.25, -0.2) is 14.9 Å². The fourth-order valence-electron chi connectivity index (χ4n) is 3.10. The van der Waals surface area contributed by atoms with E-state index in [4.69, 9.17) is 4.74 Å². The largest absolute Gasteiger partial charge is 0.465 e. The van der Waals surface area contributed by atoms with Crippen molar-refractivity contribution in [1.82, 2.24) is 24.3 Å². The van der Waals surface area contributed by atoms with Gasteiger partial charge in [0.05, 0.1) is 29.9 Å². The molecule has 142 valence electrons. The summed E-state index contributed by atoms with van der Waals surface area (Å²) in [7, 11) is 1.26. The van der Waals surface area contributed by atoms with Crippen molar-refractivity contribution >= 4 is 16.9 Å². The number of aromatic nitrogens is 5. The van der Waals surface area contributed by atoms with E-state index in [1.54, 1.807) is 33.5 Å². The minimum absolute atomic E-state index is 0.0306. The summed E-state index contributed by atoms with van der Waals surface area (Å²) in [6.07, 6.45) is 4.61. The minimum Gasteiger partial charge on any atom is -0.465 e. The predicted molar refractivity (Wildman–Crippen MR) is 102 cm³/mol.